The summed E-state index contributed by atoms with van der Waals surface area (Å²) >= 11 is 7.86. The summed E-state index contributed by atoms with van der Waals surface area (Å²) < 4.78 is 222. The summed E-state index contributed by atoms with van der Waals surface area (Å²) in [4.78, 5) is 115. The first kappa shape index (κ1) is 120. The van der Waals surface area contributed by atoms with Gasteiger partial charge in [0.2, 0.25) is 5.91 Å². The van der Waals surface area contributed by atoms with Crippen LogP contribution in [-0.4, -0.2) is 247 Å². The zero-order valence-electron chi connectivity index (χ0n) is 78.9. The minimum atomic E-state index is -4.65. The van der Waals surface area contributed by atoms with E-state index in [9.17, 15) is 109 Å². The number of hydrogen-bond donors (Lipinski definition) is 9. The predicted molar refractivity (Wildman–Crippen MR) is 487 cm³/mol. The summed E-state index contributed by atoms with van der Waals surface area (Å²) in [5.74, 6) is 3.59. The van der Waals surface area contributed by atoms with Gasteiger partial charge in [0.15, 0.2) is 11.2 Å². The largest absolute Gasteiger partial charge is 0.481 e. The molecule has 17 rings (SSSR count). The van der Waals surface area contributed by atoms with Gasteiger partial charge in [-0.25, -0.2) is 24.2 Å². The molecule has 0 bridgehead atoms. The van der Waals surface area contributed by atoms with Gasteiger partial charge in [-0.1, -0.05) is 54.6 Å². The molecule has 1 aromatic carbocycles. The summed E-state index contributed by atoms with van der Waals surface area (Å²) in [5.41, 5.74) is -7.27. The number of ketones is 3. The smallest absolute Gasteiger partial charge is 0.410 e. The van der Waals surface area contributed by atoms with Crippen LogP contribution in [0.1, 0.15) is 250 Å². The molecule has 5 aromatic rings. The van der Waals surface area contributed by atoms with Gasteiger partial charge in [0.25, 0.3) is 0 Å². The highest BCUT2D eigenvalue weighted by molar-refractivity contribution is 14.1. The first-order chi connectivity index (χ1) is 63.1. The molecule has 0 spiro atoms. The van der Waals surface area contributed by atoms with E-state index in [0.29, 0.717) is 96.5 Å². The van der Waals surface area contributed by atoms with Crippen LogP contribution in [0.3, 0.4) is 0 Å². The lowest BCUT2D eigenvalue weighted by molar-refractivity contribution is -0.203. The molecule has 6 aliphatic carbocycles. The number of ether oxygens (including phenoxy) is 4. The number of carboxylic acids is 1. The van der Waals surface area contributed by atoms with Crippen molar-refractivity contribution >= 4 is 106 Å². The zero-order valence-corrected chi connectivity index (χ0v) is 81.6. The highest BCUT2D eigenvalue weighted by Gasteiger charge is 2.72. The number of aliphatic hydroxyl groups is 1. The Bertz CT molecular complexity index is 4860. The molecule has 5 amide bonds. The number of anilines is 1. The van der Waals surface area contributed by atoms with Crippen molar-refractivity contribution in [3.63, 3.8) is 0 Å². The zero-order chi connectivity index (χ0) is 102. The van der Waals surface area contributed by atoms with E-state index in [1.54, 1.807) is 101 Å². The average molecular weight is 2150 g/mol. The van der Waals surface area contributed by atoms with Crippen molar-refractivity contribution in [2.75, 3.05) is 75.9 Å². The third-order valence-corrected chi connectivity index (χ3v) is 24.1. The number of hydrogen-bond acceptors (Lipinski definition) is 21. The van der Waals surface area contributed by atoms with Crippen LogP contribution in [0.15, 0.2) is 43.0 Å². The monoisotopic (exact) mass is 2150 g/mol. The Morgan fingerprint density at radius 3 is 1.33 bits per heavy atom. The number of imidazole rings is 1. The number of likely N-dealkylation sites (tertiary alicyclic amines) is 2. The second-order valence-corrected chi connectivity index (χ2v) is 38.0. The van der Waals surface area contributed by atoms with Crippen molar-refractivity contribution in [3.05, 3.63) is 98.9 Å². The third-order valence-electron chi connectivity index (χ3n) is 23.8. The molecule has 1 atom stereocenters. The number of nitrogens with one attached hydrogen (secondary N) is 5. The maximum absolute atomic E-state index is 13.5. The summed E-state index contributed by atoms with van der Waals surface area (Å²) in [6.45, 7) is 24.7. The van der Waals surface area contributed by atoms with Crippen LogP contribution in [0.4, 0.5) is 90.7 Å². The number of nitrogens with zero attached hydrogens (tertiary/aromatic N) is 9. The number of alkyl halides is 16. The van der Waals surface area contributed by atoms with Crippen LogP contribution < -0.4 is 22.3 Å². The fourth-order valence-electron chi connectivity index (χ4n) is 15.1. The summed E-state index contributed by atoms with van der Waals surface area (Å²) in [5, 5.41) is 42.0. The number of halogens is 18. The Hall–Kier alpha value is -8.69. The van der Waals surface area contributed by atoms with Gasteiger partial charge in [0.1, 0.15) is 56.4 Å². The molecule has 138 heavy (non-hydrogen) atoms. The van der Waals surface area contributed by atoms with E-state index < -0.39 is 110 Å². The lowest BCUT2D eigenvalue weighted by atomic mass is 9.83. The number of carbonyl (C=O) groups is 9. The number of carbonyl (C=O) groups excluding carboxylic acids is 8. The number of carboxylic acid groups (broad SMARTS) is 1. The van der Waals surface area contributed by atoms with E-state index >= 15 is 0 Å². The van der Waals surface area contributed by atoms with Crippen molar-refractivity contribution in [1.29, 1.82) is 0 Å². The highest BCUT2D eigenvalue weighted by Crippen LogP contribution is 2.63. The lowest BCUT2D eigenvalue weighted by Gasteiger charge is -2.34. The molecule has 6 aliphatic heterocycles. The maximum atomic E-state index is 13.5. The first-order valence-corrected chi connectivity index (χ1v) is 45.7. The molecule has 12 aliphatic rings. The number of Topliss-reactive ketones (excluding diaryl/α,β-unsaturated/α-hetero) is 3. The van der Waals surface area contributed by atoms with Crippen molar-refractivity contribution in [2.45, 2.75) is 296 Å². The number of aromatic nitrogens is 8. The van der Waals surface area contributed by atoms with Crippen LogP contribution in [0, 0.1) is 22.2 Å². The molecule has 13 N–H and O–H groups in total. The SMILES string of the molecule is C.C1CCOC1.CC(C)(C)OC(=O)N1CCC(=O)C(C(=O)C2(C(F)(F)F)CC2)C1.CC(C)(C)OC(=O)N1CCC(=O)CC1.CC(C)(C)OC(=O)N1CCc2[nH]nc(C3(C(F)(F)F)CC3)c2C1.CC1(C(=O)n2ccnc2)CC1.CCO.Cl.FC(F)(F)C1(c2n[nH]c3c2CNCC3)CC1.NN.O.O=C(Nc1cccc(Cl)c1)N1CCc2[nH]nc(C3(C(F)(F)F)CC3)c2C1.O=C(O)C1(C(F)(F)F)CC1.[2H]CI. The number of nitrogens with two attached hydrogens (primary N) is 2. The van der Waals surface area contributed by atoms with Crippen molar-refractivity contribution in [1.82, 2.24) is 65.1 Å². The van der Waals surface area contributed by atoms with Crippen LogP contribution in [0.25, 0.3) is 0 Å². The topological polar surface area (TPSA) is 455 Å². The van der Waals surface area contributed by atoms with Gasteiger partial charge in [-0.3, -0.25) is 55.5 Å². The Morgan fingerprint density at radius 2 is 0.978 bits per heavy atom. The van der Waals surface area contributed by atoms with Crippen LogP contribution in [0.5, 0.6) is 0 Å². The fraction of sp³-hybridized carbons (Fsp3) is 0.693. The van der Waals surface area contributed by atoms with Gasteiger partial charge < -0.3 is 64.9 Å². The Kier molecular flexibility index (Phi) is 42.4. The van der Waals surface area contributed by atoms with Crippen molar-refractivity contribution in [2.24, 2.45) is 33.8 Å². The van der Waals surface area contributed by atoms with Crippen molar-refractivity contribution in [3.8, 4) is 0 Å². The number of H-pyrrole nitrogens is 3. The molecule has 0 radical (unpaired) electrons. The second kappa shape index (κ2) is 48.9. The molecule has 10 heterocycles. The van der Waals surface area contributed by atoms with Crippen LogP contribution >= 0.6 is 46.6 Å². The number of hydrazine groups is 1. The molecule has 3 saturated heterocycles. The highest BCUT2D eigenvalue weighted by atomic mass is 127. The molecule has 1 unspecified atom stereocenters. The van der Waals surface area contributed by atoms with Gasteiger partial charge in [-0.2, -0.15) is 81.2 Å². The molecular formula is C88H128Cl2F15IN16O16. The van der Waals surface area contributed by atoms with E-state index in [1.165, 1.54) is 22.6 Å². The van der Waals surface area contributed by atoms with E-state index in [2.05, 4.69) is 57.9 Å². The number of amides is 5. The summed E-state index contributed by atoms with van der Waals surface area (Å²) in [6, 6.07) is 6.34. The number of piperidine rings is 2. The van der Waals surface area contributed by atoms with Crippen LogP contribution in [0.2, 0.25) is 5.02 Å². The first-order valence-electron chi connectivity index (χ1n) is 44.5. The normalized spacial score (nSPS) is 19.8. The van der Waals surface area contributed by atoms with Gasteiger partial charge >= 0.3 is 61.2 Å². The number of fused-ring (bicyclic) bond motifs is 3. The van der Waals surface area contributed by atoms with Gasteiger partial charge in [0.05, 0.1) is 36.1 Å². The number of urea groups is 1. The average Bonchev–Trinajstić information content (AvgIpc) is 1.57. The number of aromatic amines is 3. The predicted octanol–water partition coefficient (Wildman–Crippen LogP) is 17.1. The van der Waals surface area contributed by atoms with Crippen molar-refractivity contribution < 1.29 is 145 Å². The number of aliphatic carboxylic acids is 1. The molecule has 32 nitrogen and oxygen atoms in total. The molecule has 4 aromatic heterocycles. The lowest BCUT2D eigenvalue weighted by Crippen LogP contribution is -2.51. The molecule has 9 fully saturated rings. The minimum absolute atomic E-state index is 0. The van der Waals surface area contributed by atoms with Gasteiger partial charge in [-0.15, -0.1) is 12.4 Å². The second-order valence-electron chi connectivity index (χ2n) is 37.5. The Labute approximate surface area is 815 Å². The summed E-state index contributed by atoms with van der Waals surface area (Å²) in [7, 11) is 0. The number of rotatable bonds is 8. The Morgan fingerprint density at radius 1 is 0.587 bits per heavy atom. The standard InChI is InChI=1S/C17H16ClF3N4O.C15H20F3N3O2.C15H20F3NO4.C10H12F3N3.C10H17NO3.C8H10N2O.C5H5F3O2.C4H8O.C2H6O.CH3I.CH4.ClH.H4N2.H2O/c18-10-2-1-3-11(8-10)22-15(26)25-7-4-13-12(9-25)14(24-23-13)16(5-6-16)17(19,20)21;1-13(2,3)23-12(22)21-7-4-10-9(8-21)11(20-19-10)14(5-6-14)15(16,17)18;1-13(2,3)23-12(22)19-7-4-10(20)9(8-19)11(21)14(5-6-14)15(16,17)18;11-10(12,13)9(2-3-9)8-6-5-14-4-1-7(6)15-16-8;1-10(2,3)14-9(13)11-6-4-8(12)5-7-11;1-8(2-3-8)7(11)10-5-4-9-6-10;6-5(7,8)4(1-2-4)3(9)10;1-2-4-5-3-1;1-2-3;1-2;;;1-2;/h1-3,8H,4-7,9H2,(H,22,26)(H,23,24);4-8H2,1-3H3,(H,19,20);9H,4-8H2,1-3H3;14H,1-5H2,(H,15,16);4-7H2,1-3H3;4-6H,2-3H2,1H3;1-2H2,(H,9,10);1-4H2;3H,2H2,1H3;1H3;1H4;1H;1-2H2;1H2/i;;;;;;;;;1D;;;;. The number of benzene rings is 1. The fourth-order valence-corrected chi connectivity index (χ4v) is 15.2. The molecule has 6 saturated carbocycles. The van der Waals surface area contributed by atoms with Gasteiger partial charge in [-0.05, 0) is 182 Å². The summed E-state index contributed by atoms with van der Waals surface area (Å²) in [6.07, 6.45) is -12.3. The quantitative estimate of drug-likeness (QED) is 0.0132. The molecular weight excluding hydrogens is 2020 g/mol. The van der Waals surface area contributed by atoms with Gasteiger partial charge in [0, 0.05) is 174 Å². The molecule has 50 heteroatoms. The van der Waals surface area contributed by atoms with E-state index in [4.69, 9.17) is 42.1 Å². The van der Waals surface area contributed by atoms with E-state index in [-0.39, 0.29) is 175 Å². The Balaban J connectivity index is 0.000000336. The van der Waals surface area contributed by atoms with E-state index in [1.807, 2.05) is 50.3 Å². The minimum Gasteiger partial charge on any atom is -0.481 e. The van der Waals surface area contributed by atoms with E-state index in [0.717, 1.165) is 55.2 Å². The maximum Gasteiger partial charge on any atom is 0.410 e. The molecule has 782 valence electrons. The number of aliphatic hydroxyl groups excluding tert-OH is 1. The van der Waals surface area contributed by atoms with Crippen LogP contribution in [-0.2, 0) is 93.3 Å². The third kappa shape index (κ3) is 31.4.